The zero-order chi connectivity index (χ0) is 31.2. The Kier molecular flexibility index (Phi) is 7.76. The molecule has 7 N–H and O–H groups in total. The van der Waals surface area contributed by atoms with Gasteiger partial charge in [0.1, 0.15) is 28.6 Å². The lowest BCUT2D eigenvalue weighted by molar-refractivity contribution is -0.147. The Balaban J connectivity index is 1.59. The van der Waals surface area contributed by atoms with Crippen LogP contribution in [0.25, 0.3) is 16.9 Å². The third kappa shape index (κ3) is 4.82. The molecular formula is C31H32N2O10. The molecule has 12 nitrogen and oxygen atoms in total. The number of methoxy groups -OCH3 is 1. The van der Waals surface area contributed by atoms with Crippen molar-refractivity contribution in [1.29, 1.82) is 0 Å². The molecule has 0 heterocycles. The first-order valence-electron chi connectivity index (χ1n) is 13.8. The first kappa shape index (κ1) is 29.8. The number of phenolic OH excluding ortho intramolecular Hbond substituents is 1. The minimum absolute atomic E-state index is 0.0162. The van der Waals surface area contributed by atoms with Crippen molar-refractivity contribution in [3.05, 3.63) is 63.9 Å². The van der Waals surface area contributed by atoms with Crippen LogP contribution in [0.1, 0.15) is 36.5 Å². The van der Waals surface area contributed by atoms with E-state index in [1.54, 1.807) is 19.1 Å². The van der Waals surface area contributed by atoms with E-state index >= 15 is 0 Å². The average Bonchev–Trinajstić information content (AvgIpc) is 2.95. The number of Topliss-reactive ketones (excluding diaryl/α,β-unsaturated/α-hetero) is 2. The number of carbonyl (C=O) groups excluding carboxylic acids is 4. The number of rotatable bonds is 8. The van der Waals surface area contributed by atoms with Gasteiger partial charge < -0.3 is 41.0 Å². The number of hydrogen-bond donors (Lipinski definition) is 6. The van der Waals surface area contributed by atoms with Crippen LogP contribution in [0.4, 0.5) is 0 Å². The molecule has 226 valence electrons. The van der Waals surface area contributed by atoms with Crippen LogP contribution >= 0.6 is 0 Å². The third-order valence-electron chi connectivity index (χ3n) is 8.40. The van der Waals surface area contributed by atoms with Crippen molar-refractivity contribution < 1.29 is 49.1 Å². The summed E-state index contributed by atoms with van der Waals surface area (Å²) in [5.41, 5.74) is 4.11. The number of benzene rings is 2. The lowest BCUT2D eigenvalue weighted by Crippen LogP contribution is -2.58. The number of phenols is 1. The van der Waals surface area contributed by atoms with Crippen LogP contribution in [0, 0.1) is 11.8 Å². The second-order valence-corrected chi connectivity index (χ2v) is 10.8. The van der Waals surface area contributed by atoms with E-state index in [1.165, 1.54) is 13.2 Å². The quantitative estimate of drug-likeness (QED) is 0.192. The molecule has 0 aliphatic heterocycles. The highest BCUT2D eigenvalue weighted by Gasteiger charge is 2.60. The molecule has 2 aromatic carbocycles. The van der Waals surface area contributed by atoms with Crippen molar-refractivity contribution in [1.82, 2.24) is 5.32 Å². The van der Waals surface area contributed by atoms with E-state index < -0.39 is 58.4 Å². The van der Waals surface area contributed by atoms with E-state index in [0.29, 0.717) is 29.0 Å². The van der Waals surface area contributed by atoms with Crippen molar-refractivity contribution in [2.24, 2.45) is 17.6 Å². The van der Waals surface area contributed by atoms with E-state index in [1.807, 2.05) is 12.1 Å². The first-order valence-corrected chi connectivity index (χ1v) is 13.8. The number of primary amides is 1. The van der Waals surface area contributed by atoms with Crippen molar-refractivity contribution in [3.63, 3.8) is 0 Å². The number of aliphatic hydroxyl groups excluding tert-OH is 2. The highest BCUT2D eigenvalue weighted by molar-refractivity contribution is 6.22. The second kappa shape index (κ2) is 11.2. The number of aliphatic hydroxyl groups is 3. The Bertz CT molecular complexity index is 1620. The molecule has 3 atom stereocenters. The maximum absolute atomic E-state index is 13.8. The van der Waals surface area contributed by atoms with E-state index in [-0.39, 0.29) is 48.8 Å². The Morgan fingerprint density at radius 3 is 2.51 bits per heavy atom. The smallest absolute Gasteiger partial charge is 0.319 e. The Morgan fingerprint density at radius 1 is 1.09 bits per heavy atom. The molecule has 3 aliphatic rings. The summed E-state index contributed by atoms with van der Waals surface area (Å²) in [7, 11) is 1.50. The van der Waals surface area contributed by atoms with E-state index in [9.17, 15) is 39.6 Å². The van der Waals surface area contributed by atoms with Crippen LogP contribution in [-0.2, 0) is 36.9 Å². The van der Waals surface area contributed by atoms with Crippen molar-refractivity contribution in [2.75, 3.05) is 20.3 Å². The van der Waals surface area contributed by atoms with Gasteiger partial charge in [-0.15, -0.1) is 0 Å². The maximum Gasteiger partial charge on any atom is 0.319 e. The summed E-state index contributed by atoms with van der Waals surface area (Å²) in [4.78, 5) is 49.9. The minimum atomic E-state index is -2.63. The molecule has 2 unspecified atom stereocenters. The van der Waals surface area contributed by atoms with Gasteiger partial charge in [-0.1, -0.05) is 12.1 Å². The molecule has 2 aromatic rings. The molecule has 43 heavy (non-hydrogen) atoms. The summed E-state index contributed by atoms with van der Waals surface area (Å²) in [5, 5.41) is 47.5. The summed E-state index contributed by atoms with van der Waals surface area (Å²) in [6.45, 7) is 2.35. The monoisotopic (exact) mass is 592 g/mol. The Hall–Kier alpha value is -4.68. The third-order valence-corrected chi connectivity index (χ3v) is 8.40. The number of ether oxygens (including phenoxy) is 2. The van der Waals surface area contributed by atoms with Crippen LogP contribution < -0.4 is 15.8 Å². The topological polar surface area (TPSA) is 206 Å². The van der Waals surface area contributed by atoms with Crippen molar-refractivity contribution >= 4 is 29.2 Å². The van der Waals surface area contributed by atoms with Crippen LogP contribution in [0.2, 0.25) is 0 Å². The highest BCUT2D eigenvalue weighted by Crippen LogP contribution is 2.53. The number of nitrogens with two attached hydrogens (primary N) is 1. The fourth-order valence-electron chi connectivity index (χ4n) is 6.47. The molecule has 5 rings (SSSR count). The van der Waals surface area contributed by atoms with Gasteiger partial charge in [-0.25, -0.2) is 0 Å². The van der Waals surface area contributed by atoms with Crippen LogP contribution in [0.15, 0.2) is 47.2 Å². The number of amides is 1. The molecule has 0 saturated heterocycles. The molecule has 1 saturated carbocycles. The zero-order valence-electron chi connectivity index (χ0n) is 23.6. The highest BCUT2D eigenvalue weighted by atomic mass is 16.5. The van der Waals surface area contributed by atoms with Crippen molar-refractivity contribution in [2.45, 2.75) is 38.3 Å². The molecule has 0 spiro atoms. The molecule has 1 fully saturated rings. The number of aromatic hydroxyl groups is 1. The fraction of sp³-hybridized carbons (Fsp3) is 0.355. The number of hydrogen-bond acceptors (Lipinski definition) is 11. The standard InChI is InChI=1S/C31H32N2O10/c1-3-43-23(36)13-33-12-14-4-7-22(42-2)18(8-14)17-5-6-20(34)25-19(17)10-15-9-16-11-21(35)26(30(32)40)29(39)31(16,41)28(38)24(15)27(25)37/h4-8,15-16,33-34,37,39,41H,3,9-13H2,1-2H3,(H2,32,40)/t15?,16?,31-/m0/s1. The number of fused-ring (bicyclic) bond motifs is 3. The fourth-order valence-corrected chi connectivity index (χ4v) is 6.47. The van der Waals surface area contributed by atoms with Crippen LogP contribution in [-0.4, -0.2) is 69.7 Å². The lowest BCUT2D eigenvalue weighted by Gasteiger charge is -2.46. The van der Waals surface area contributed by atoms with E-state index in [4.69, 9.17) is 15.2 Å². The van der Waals surface area contributed by atoms with Gasteiger partial charge in [-0.2, -0.15) is 0 Å². The Labute approximate surface area is 246 Å². The van der Waals surface area contributed by atoms with E-state index in [0.717, 1.165) is 5.56 Å². The van der Waals surface area contributed by atoms with E-state index in [2.05, 4.69) is 5.32 Å². The second-order valence-electron chi connectivity index (χ2n) is 10.8. The summed E-state index contributed by atoms with van der Waals surface area (Å²) in [5.74, 6) is -6.74. The van der Waals surface area contributed by atoms with Gasteiger partial charge in [0.15, 0.2) is 11.4 Å². The average molecular weight is 593 g/mol. The lowest BCUT2D eigenvalue weighted by atomic mass is 9.59. The molecule has 0 bridgehead atoms. The van der Waals surface area contributed by atoms with Gasteiger partial charge in [0.25, 0.3) is 5.91 Å². The van der Waals surface area contributed by atoms with Gasteiger partial charge in [0.05, 0.1) is 25.8 Å². The predicted molar refractivity (Wildman–Crippen MR) is 152 cm³/mol. The molecule has 12 heteroatoms. The van der Waals surface area contributed by atoms with Crippen molar-refractivity contribution in [3.8, 4) is 22.6 Å². The summed E-state index contributed by atoms with van der Waals surface area (Å²) >= 11 is 0. The molecular weight excluding hydrogens is 560 g/mol. The van der Waals surface area contributed by atoms with Gasteiger partial charge in [-0.3, -0.25) is 19.2 Å². The van der Waals surface area contributed by atoms with Crippen LogP contribution in [0.5, 0.6) is 11.5 Å². The number of nitrogens with one attached hydrogen (secondary N) is 1. The summed E-state index contributed by atoms with van der Waals surface area (Å²) in [6.07, 6.45) is -0.233. The predicted octanol–water partition coefficient (Wildman–Crippen LogP) is 1.75. The molecule has 3 aliphatic carbocycles. The van der Waals surface area contributed by atoms with Gasteiger partial charge in [0.2, 0.25) is 5.78 Å². The van der Waals surface area contributed by atoms with Gasteiger partial charge in [-0.05, 0) is 60.6 Å². The zero-order valence-corrected chi connectivity index (χ0v) is 23.6. The minimum Gasteiger partial charge on any atom is -0.508 e. The summed E-state index contributed by atoms with van der Waals surface area (Å²) < 4.78 is 10.6. The molecule has 0 aromatic heterocycles. The largest absolute Gasteiger partial charge is 0.508 e. The molecule has 1 amide bonds. The summed E-state index contributed by atoms with van der Waals surface area (Å²) in [6, 6.07) is 8.45. The Morgan fingerprint density at radius 2 is 1.84 bits per heavy atom. The van der Waals surface area contributed by atoms with Gasteiger partial charge >= 0.3 is 5.97 Å². The number of esters is 1. The normalized spacial score (nSPS) is 23.0. The van der Waals surface area contributed by atoms with Crippen LogP contribution in [0.3, 0.4) is 0 Å². The SMILES string of the molecule is CCOC(=O)CNCc1ccc(OC)c(-c2ccc(O)c3c2CC2CC4CC(=O)C(C(N)=O)=C(O)[C@@]4(O)C(=O)C2=C3O)c1. The maximum atomic E-state index is 13.8. The number of ketones is 2. The number of carbonyl (C=O) groups is 4. The molecule has 0 radical (unpaired) electrons. The van der Waals surface area contributed by atoms with Gasteiger partial charge in [0, 0.05) is 30.0 Å². The first-order chi connectivity index (χ1) is 20.4.